The van der Waals surface area contributed by atoms with Gasteiger partial charge in [0.05, 0.1) is 18.0 Å². The van der Waals surface area contributed by atoms with E-state index >= 15 is 0 Å². The number of nitrogens with zero attached hydrogens (tertiary/aromatic N) is 2. The summed E-state index contributed by atoms with van der Waals surface area (Å²) < 4.78 is 5.21. The van der Waals surface area contributed by atoms with Crippen LogP contribution in [0.4, 0.5) is 5.69 Å². The van der Waals surface area contributed by atoms with Gasteiger partial charge in [0, 0.05) is 23.0 Å². The molecule has 2 aromatic carbocycles. The second-order valence-corrected chi connectivity index (χ2v) is 8.28. The van der Waals surface area contributed by atoms with Gasteiger partial charge in [0.25, 0.3) is 5.91 Å². The summed E-state index contributed by atoms with van der Waals surface area (Å²) in [7, 11) is 5.52. The molecular weight excluding hydrogens is 384 g/mol. The summed E-state index contributed by atoms with van der Waals surface area (Å²) >= 11 is 7.66. The maximum absolute atomic E-state index is 13.1. The lowest BCUT2D eigenvalue weighted by molar-refractivity contribution is -0.126. The maximum atomic E-state index is 13.1. The number of rotatable bonds is 5. The molecule has 27 heavy (non-hydrogen) atoms. The minimum absolute atomic E-state index is 0.300. The number of thioether (sulfide) groups is 1. The first-order valence-corrected chi connectivity index (χ1v) is 9.91. The maximum Gasteiger partial charge on any atom is 0.257 e. The van der Waals surface area contributed by atoms with Gasteiger partial charge in [-0.2, -0.15) is 0 Å². The van der Waals surface area contributed by atoms with Crippen LogP contribution in [0.5, 0.6) is 5.75 Å². The van der Waals surface area contributed by atoms with E-state index in [0.717, 1.165) is 21.9 Å². The van der Waals surface area contributed by atoms with E-state index < -0.39 is 11.4 Å². The van der Waals surface area contributed by atoms with E-state index in [1.54, 1.807) is 18.1 Å². The Morgan fingerprint density at radius 1 is 1.22 bits per heavy atom. The quantitative estimate of drug-likeness (QED) is 0.824. The van der Waals surface area contributed by atoms with Crippen molar-refractivity contribution in [3.8, 4) is 5.75 Å². The predicted octanol–water partition coefficient (Wildman–Crippen LogP) is 3.45. The number of hydrogen-bond donors (Lipinski definition) is 1. The van der Waals surface area contributed by atoms with Crippen molar-refractivity contribution in [2.75, 3.05) is 39.2 Å². The van der Waals surface area contributed by atoms with Crippen molar-refractivity contribution in [1.29, 1.82) is 0 Å². The first-order valence-electron chi connectivity index (χ1n) is 8.65. The Kier molecular flexibility index (Phi) is 6.32. The number of carbonyl (C=O) groups is 1. The number of likely N-dealkylation sites (N-methyl/N-ethyl adjacent to an activating group) is 1. The van der Waals surface area contributed by atoms with Gasteiger partial charge in [0.15, 0.2) is 0 Å². The molecule has 1 N–H and O–H groups in total. The van der Waals surface area contributed by atoms with Gasteiger partial charge in [0.1, 0.15) is 11.9 Å². The lowest BCUT2D eigenvalue weighted by atomic mass is 10.1. The average Bonchev–Trinajstić information content (AvgIpc) is 2.75. The fourth-order valence-electron chi connectivity index (χ4n) is 2.99. The monoisotopic (exact) mass is 406 g/mol. The molecule has 0 bridgehead atoms. The number of halogens is 1. The predicted molar refractivity (Wildman–Crippen MR) is 110 cm³/mol. The zero-order valence-corrected chi connectivity index (χ0v) is 17.1. The smallest absolute Gasteiger partial charge is 0.257 e. The second-order valence-electron chi connectivity index (χ2n) is 6.66. The second kappa shape index (κ2) is 8.52. The number of benzene rings is 2. The Morgan fingerprint density at radius 3 is 2.56 bits per heavy atom. The molecule has 1 amide bonds. The van der Waals surface area contributed by atoms with Crippen LogP contribution in [0.25, 0.3) is 0 Å². The standard InChI is InChI=1S/C20H23ClN2O3S/c1-22(2)10-11-23-16-9-6-14(21)12-17(16)27-19(18(24)20(23)25)13-4-7-15(26-3)8-5-13/h4-9,12,18-19,24H,10-11H2,1-3H3/t18?,19-/m0/s1. The van der Waals surface area contributed by atoms with Gasteiger partial charge in [-0.05, 0) is 50.0 Å². The van der Waals surface area contributed by atoms with E-state index in [1.165, 1.54) is 11.8 Å². The number of aliphatic hydroxyl groups is 1. The molecule has 2 aromatic rings. The summed E-state index contributed by atoms with van der Waals surface area (Å²) in [4.78, 5) is 17.6. The zero-order valence-electron chi connectivity index (χ0n) is 15.6. The third-order valence-corrected chi connectivity index (χ3v) is 6.09. The summed E-state index contributed by atoms with van der Waals surface area (Å²) in [5, 5.41) is 11.1. The molecule has 2 atom stereocenters. The topological polar surface area (TPSA) is 53.0 Å². The largest absolute Gasteiger partial charge is 0.497 e. The van der Waals surface area contributed by atoms with Gasteiger partial charge in [0.2, 0.25) is 0 Å². The zero-order chi connectivity index (χ0) is 19.6. The van der Waals surface area contributed by atoms with E-state index in [2.05, 4.69) is 0 Å². The molecule has 0 aliphatic carbocycles. The average molecular weight is 407 g/mol. The third-order valence-electron chi connectivity index (χ3n) is 4.49. The highest BCUT2D eigenvalue weighted by Gasteiger charge is 2.37. The first kappa shape index (κ1) is 20.0. The molecule has 0 radical (unpaired) electrons. The minimum Gasteiger partial charge on any atom is -0.497 e. The van der Waals surface area contributed by atoms with Crippen molar-refractivity contribution in [1.82, 2.24) is 4.90 Å². The number of fused-ring (bicyclic) bond motifs is 1. The van der Waals surface area contributed by atoms with E-state index in [-0.39, 0.29) is 5.91 Å². The van der Waals surface area contributed by atoms with Gasteiger partial charge >= 0.3 is 0 Å². The van der Waals surface area contributed by atoms with E-state index in [4.69, 9.17) is 16.3 Å². The van der Waals surface area contributed by atoms with Crippen molar-refractivity contribution in [2.24, 2.45) is 0 Å². The highest BCUT2D eigenvalue weighted by atomic mass is 35.5. The van der Waals surface area contributed by atoms with E-state index in [1.807, 2.05) is 55.4 Å². The molecular formula is C20H23ClN2O3S. The van der Waals surface area contributed by atoms with Gasteiger partial charge in [-0.15, -0.1) is 11.8 Å². The molecule has 0 fully saturated rings. The number of hydrogen-bond acceptors (Lipinski definition) is 5. The number of methoxy groups -OCH3 is 1. The summed E-state index contributed by atoms with van der Waals surface area (Å²) in [5.74, 6) is 0.431. The van der Waals surface area contributed by atoms with Gasteiger partial charge < -0.3 is 19.6 Å². The Labute approximate surface area is 168 Å². The van der Waals surface area contributed by atoms with Crippen LogP contribution in [0, 0.1) is 0 Å². The summed E-state index contributed by atoms with van der Waals surface area (Å²) in [6, 6.07) is 12.9. The fraction of sp³-hybridized carbons (Fsp3) is 0.350. The summed E-state index contributed by atoms with van der Waals surface area (Å²) in [5.41, 5.74) is 1.65. The van der Waals surface area contributed by atoms with Crippen molar-refractivity contribution < 1.29 is 14.6 Å². The molecule has 1 aliphatic rings. The Bertz CT molecular complexity index is 813. The molecule has 0 aromatic heterocycles. The first-order chi connectivity index (χ1) is 12.9. The number of amides is 1. The Morgan fingerprint density at radius 2 is 1.93 bits per heavy atom. The van der Waals surface area contributed by atoms with Gasteiger partial charge in [-0.3, -0.25) is 4.79 Å². The van der Waals surface area contributed by atoms with E-state index in [9.17, 15) is 9.90 Å². The van der Waals surface area contributed by atoms with Crippen LogP contribution in [0.1, 0.15) is 10.8 Å². The lowest BCUT2D eigenvalue weighted by Crippen LogP contribution is -2.43. The van der Waals surface area contributed by atoms with Gasteiger partial charge in [-0.1, -0.05) is 23.7 Å². The molecule has 0 saturated heterocycles. The molecule has 5 nitrogen and oxygen atoms in total. The number of carbonyl (C=O) groups excluding carboxylic acids is 1. The van der Waals surface area contributed by atoms with Crippen molar-refractivity contribution in [3.05, 3.63) is 53.1 Å². The molecule has 3 rings (SSSR count). The number of anilines is 1. The van der Waals surface area contributed by atoms with Gasteiger partial charge in [-0.25, -0.2) is 0 Å². The lowest BCUT2D eigenvalue weighted by Gasteiger charge is -2.26. The summed E-state index contributed by atoms with van der Waals surface area (Å²) in [6.07, 6.45) is -1.16. The molecule has 1 heterocycles. The SMILES string of the molecule is COc1ccc([C@@H]2Sc3cc(Cl)ccc3N(CCN(C)C)C(=O)C2O)cc1. The minimum atomic E-state index is -1.16. The van der Waals surface area contributed by atoms with Crippen LogP contribution in [0.15, 0.2) is 47.4 Å². The highest BCUT2D eigenvalue weighted by Crippen LogP contribution is 2.46. The van der Waals surface area contributed by atoms with Crippen LogP contribution >= 0.6 is 23.4 Å². The van der Waals surface area contributed by atoms with Crippen molar-refractivity contribution >= 4 is 35.0 Å². The fourth-order valence-corrected chi connectivity index (χ4v) is 4.53. The van der Waals surface area contributed by atoms with Crippen LogP contribution in [0.2, 0.25) is 5.02 Å². The molecule has 1 unspecified atom stereocenters. The van der Waals surface area contributed by atoms with Crippen LogP contribution in [0.3, 0.4) is 0 Å². The van der Waals surface area contributed by atoms with Crippen molar-refractivity contribution in [2.45, 2.75) is 16.2 Å². The third kappa shape index (κ3) is 4.41. The highest BCUT2D eigenvalue weighted by molar-refractivity contribution is 7.99. The molecule has 7 heteroatoms. The Hall–Kier alpha value is -1.73. The molecule has 0 saturated carbocycles. The normalized spacial score (nSPS) is 19.8. The van der Waals surface area contributed by atoms with Crippen molar-refractivity contribution in [3.63, 3.8) is 0 Å². The van der Waals surface area contributed by atoms with Crippen LogP contribution in [-0.4, -0.2) is 56.3 Å². The Balaban J connectivity index is 2.01. The van der Waals surface area contributed by atoms with Crippen LogP contribution in [-0.2, 0) is 4.79 Å². The number of ether oxygens (including phenoxy) is 1. The molecule has 0 spiro atoms. The molecule has 1 aliphatic heterocycles. The molecule has 144 valence electrons. The van der Waals surface area contributed by atoms with E-state index in [0.29, 0.717) is 18.1 Å². The van der Waals surface area contributed by atoms with Crippen LogP contribution < -0.4 is 9.64 Å². The number of aliphatic hydroxyl groups excluding tert-OH is 1. The summed E-state index contributed by atoms with van der Waals surface area (Å²) in [6.45, 7) is 1.19.